The Morgan fingerprint density at radius 2 is 1.43 bits per heavy atom. The number of carbonyl (C=O) groups excluding carboxylic acids is 1. The van der Waals surface area contributed by atoms with Crippen LogP contribution in [0.4, 0.5) is 4.79 Å². The first-order valence-electron chi connectivity index (χ1n) is 11.7. The highest BCUT2D eigenvalue weighted by Crippen LogP contribution is 2.40. The molecule has 6 nitrogen and oxygen atoms in total. The minimum atomic E-state index is -0.697. The minimum Gasteiger partial charge on any atom is -0.424 e. The van der Waals surface area contributed by atoms with E-state index < -0.39 is 36.0 Å². The van der Waals surface area contributed by atoms with E-state index in [9.17, 15) is 4.79 Å². The molecule has 0 amide bonds. The van der Waals surface area contributed by atoms with Crippen LogP contribution in [0.15, 0.2) is 89.8 Å². The number of carbonyl (C=O) groups is 1. The molecular formula is C28H28O6S. The average Bonchev–Trinajstić information content (AvgIpc) is 3.28. The lowest BCUT2D eigenvalue weighted by atomic mass is 10.00. The molecule has 0 aliphatic carbocycles. The Balaban J connectivity index is 1.33. The van der Waals surface area contributed by atoms with Crippen molar-refractivity contribution in [2.45, 2.75) is 54.9 Å². The Morgan fingerprint density at radius 1 is 0.800 bits per heavy atom. The topological polar surface area (TPSA) is 63.2 Å². The van der Waals surface area contributed by atoms with Crippen LogP contribution in [-0.4, -0.2) is 42.6 Å². The second-order valence-electron chi connectivity index (χ2n) is 8.65. The van der Waals surface area contributed by atoms with Crippen LogP contribution in [-0.2, 0) is 36.9 Å². The van der Waals surface area contributed by atoms with Gasteiger partial charge in [0.25, 0.3) is 0 Å². The number of fused-ring (bicyclic) bond motifs is 1. The van der Waals surface area contributed by atoms with Crippen molar-refractivity contribution < 1.29 is 28.5 Å². The molecular weight excluding hydrogens is 464 g/mol. The van der Waals surface area contributed by atoms with Crippen LogP contribution >= 0.6 is 11.8 Å². The van der Waals surface area contributed by atoms with Gasteiger partial charge in [0.15, 0.2) is 12.2 Å². The van der Waals surface area contributed by atoms with Crippen molar-refractivity contribution in [2.75, 3.05) is 6.61 Å². The van der Waals surface area contributed by atoms with Gasteiger partial charge in [-0.15, -0.1) is 0 Å². The predicted octanol–water partition coefficient (Wildman–Crippen LogP) is 5.52. The van der Waals surface area contributed by atoms with Crippen molar-refractivity contribution in [3.05, 3.63) is 102 Å². The van der Waals surface area contributed by atoms with Gasteiger partial charge in [-0.3, -0.25) is 0 Å². The lowest BCUT2D eigenvalue weighted by Gasteiger charge is -2.40. The van der Waals surface area contributed by atoms with Crippen molar-refractivity contribution in [3.8, 4) is 0 Å². The zero-order valence-electron chi connectivity index (χ0n) is 19.4. The monoisotopic (exact) mass is 492 g/mol. The smallest absolute Gasteiger partial charge is 0.424 e. The molecule has 2 fully saturated rings. The van der Waals surface area contributed by atoms with Gasteiger partial charge >= 0.3 is 6.16 Å². The molecule has 3 aromatic rings. The SMILES string of the molecule is Cc1ccc(S[C@@H]2O[C@H](COCc3ccccc3)[C@H](OCc3ccccc3)[C@@H]3OC(=O)O[C@H]32)cc1. The average molecular weight is 493 g/mol. The second kappa shape index (κ2) is 11.3. The van der Waals surface area contributed by atoms with E-state index in [1.807, 2.05) is 91.9 Å². The van der Waals surface area contributed by atoms with Crippen molar-refractivity contribution in [1.29, 1.82) is 0 Å². The molecule has 0 saturated carbocycles. The van der Waals surface area contributed by atoms with Gasteiger partial charge in [0.2, 0.25) is 0 Å². The third kappa shape index (κ3) is 6.05. The third-order valence-corrected chi connectivity index (χ3v) is 7.16. The zero-order chi connectivity index (χ0) is 24.0. The highest BCUT2D eigenvalue weighted by atomic mass is 32.2. The van der Waals surface area contributed by atoms with E-state index in [0.29, 0.717) is 19.8 Å². The van der Waals surface area contributed by atoms with E-state index in [2.05, 4.69) is 0 Å². The number of hydrogen-bond acceptors (Lipinski definition) is 7. The fourth-order valence-electron chi connectivity index (χ4n) is 4.20. The molecule has 2 aliphatic rings. The molecule has 5 atom stereocenters. The van der Waals surface area contributed by atoms with E-state index in [-0.39, 0.29) is 0 Å². The highest BCUT2D eigenvalue weighted by molar-refractivity contribution is 7.99. The first-order valence-corrected chi connectivity index (χ1v) is 12.6. The number of thioether (sulfide) groups is 1. The van der Waals surface area contributed by atoms with E-state index in [1.54, 1.807) is 0 Å². The van der Waals surface area contributed by atoms with E-state index in [4.69, 9.17) is 23.7 Å². The van der Waals surface area contributed by atoms with Crippen molar-refractivity contribution >= 4 is 17.9 Å². The fraction of sp³-hybridized carbons (Fsp3) is 0.321. The summed E-state index contributed by atoms with van der Waals surface area (Å²) in [5, 5.41) is 0. The third-order valence-electron chi connectivity index (χ3n) is 6.01. The minimum absolute atomic E-state index is 0.292. The first kappa shape index (κ1) is 23.9. The van der Waals surface area contributed by atoms with Gasteiger partial charge in [-0.1, -0.05) is 90.1 Å². The van der Waals surface area contributed by atoms with Crippen LogP contribution < -0.4 is 0 Å². The summed E-state index contributed by atoms with van der Waals surface area (Å²) in [5.74, 6) is 0. The van der Waals surface area contributed by atoms with Gasteiger partial charge in [0.05, 0.1) is 19.8 Å². The summed E-state index contributed by atoms with van der Waals surface area (Å²) < 4.78 is 30.0. The molecule has 2 saturated heterocycles. The molecule has 0 N–H and O–H groups in total. The Hall–Kier alpha value is -2.84. The van der Waals surface area contributed by atoms with E-state index >= 15 is 0 Å². The van der Waals surface area contributed by atoms with Crippen LogP contribution in [0.5, 0.6) is 0 Å². The standard InChI is InChI=1S/C28H28O6S/c1-19-12-14-22(15-13-19)35-27-26-25(33-28(29)34-26)24(31-17-21-10-6-3-7-11-21)23(32-27)18-30-16-20-8-4-2-5-9-20/h2-15,23-27H,16-18H2,1H3/t23-,24+,25+,26-,27+/m1/s1. The van der Waals surface area contributed by atoms with E-state index in [1.165, 1.54) is 17.3 Å². The molecule has 35 heavy (non-hydrogen) atoms. The number of benzene rings is 3. The number of rotatable bonds is 9. The molecule has 182 valence electrons. The van der Waals surface area contributed by atoms with E-state index in [0.717, 1.165) is 16.0 Å². The molecule has 0 spiro atoms. The summed E-state index contributed by atoms with van der Waals surface area (Å²) >= 11 is 1.51. The number of hydrogen-bond donors (Lipinski definition) is 0. The lowest BCUT2D eigenvalue weighted by Crippen LogP contribution is -2.57. The molecule has 7 heteroatoms. The zero-order valence-corrected chi connectivity index (χ0v) is 20.3. The molecule has 0 radical (unpaired) electrons. The van der Waals surface area contributed by atoms with Crippen molar-refractivity contribution in [1.82, 2.24) is 0 Å². The van der Waals surface area contributed by atoms with Gasteiger partial charge < -0.3 is 23.7 Å². The largest absolute Gasteiger partial charge is 0.509 e. The van der Waals surface area contributed by atoms with Gasteiger partial charge in [0, 0.05) is 4.90 Å². The molecule has 5 rings (SSSR count). The Morgan fingerprint density at radius 3 is 2.11 bits per heavy atom. The summed E-state index contributed by atoms with van der Waals surface area (Å²) in [6.07, 6.45) is -2.84. The lowest BCUT2D eigenvalue weighted by molar-refractivity contribution is -0.199. The van der Waals surface area contributed by atoms with Crippen LogP contribution in [0.25, 0.3) is 0 Å². The van der Waals surface area contributed by atoms with Gasteiger partial charge in [0.1, 0.15) is 17.6 Å². The predicted molar refractivity (Wildman–Crippen MR) is 132 cm³/mol. The van der Waals surface area contributed by atoms with Crippen molar-refractivity contribution in [2.24, 2.45) is 0 Å². The molecule has 2 aliphatic heterocycles. The van der Waals surface area contributed by atoms with Gasteiger partial charge in [-0.05, 0) is 30.2 Å². The Bertz CT molecular complexity index is 1090. The van der Waals surface area contributed by atoms with Crippen LogP contribution in [0.3, 0.4) is 0 Å². The number of ether oxygens (including phenoxy) is 5. The van der Waals surface area contributed by atoms with Gasteiger partial charge in [-0.25, -0.2) is 4.79 Å². The Labute approximate surface area is 209 Å². The molecule has 0 unspecified atom stereocenters. The van der Waals surface area contributed by atoms with Crippen LogP contribution in [0.1, 0.15) is 16.7 Å². The van der Waals surface area contributed by atoms with Crippen LogP contribution in [0, 0.1) is 6.92 Å². The summed E-state index contributed by atoms with van der Waals surface area (Å²) in [7, 11) is 0. The summed E-state index contributed by atoms with van der Waals surface area (Å²) in [5.41, 5.74) is 2.82. The number of aryl methyl sites for hydroxylation is 1. The maximum atomic E-state index is 12.2. The maximum absolute atomic E-state index is 12.2. The van der Waals surface area contributed by atoms with Gasteiger partial charge in [-0.2, -0.15) is 0 Å². The van der Waals surface area contributed by atoms with Crippen molar-refractivity contribution in [3.63, 3.8) is 0 Å². The molecule has 0 bridgehead atoms. The second-order valence-corrected chi connectivity index (χ2v) is 9.82. The fourth-order valence-corrected chi connectivity index (χ4v) is 5.31. The van der Waals surface area contributed by atoms with Crippen LogP contribution in [0.2, 0.25) is 0 Å². The Kier molecular flexibility index (Phi) is 7.69. The molecule has 2 heterocycles. The molecule has 3 aromatic carbocycles. The first-order chi connectivity index (χ1) is 17.2. The summed E-state index contributed by atoms with van der Waals surface area (Å²) in [4.78, 5) is 13.2. The molecule has 0 aromatic heterocycles. The maximum Gasteiger partial charge on any atom is 0.509 e. The normalized spacial score (nSPS) is 25.5. The quantitative estimate of drug-likeness (QED) is 0.365. The highest BCUT2D eigenvalue weighted by Gasteiger charge is 2.55. The summed E-state index contributed by atoms with van der Waals surface area (Å²) in [6, 6.07) is 28.0. The summed E-state index contributed by atoms with van der Waals surface area (Å²) in [6.45, 7) is 3.15.